The first-order valence-electron chi connectivity index (χ1n) is 9.43. The van der Waals surface area contributed by atoms with Gasteiger partial charge < -0.3 is 19.9 Å². The molecular formula is C22H20N4O3. The van der Waals surface area contributed by atoms with E-state index in [0.717, 1.165) is 45.3 Å². The van der Waals surface area contributed by atoms with Gasteiger partial charge in [0, 0.05) is 12.1 Å². The number of nitrogens with zero attached hydrogens (tertiary/aromatic N) is 3. The molecule has 2 N–H and O–H groups in total. The van der Waals surface area contributed by atoms with Crippen LogP contribution in [0.5, 0.6) is 11.5 Å². The van der Waals surface area contributed by atoms with Gasteiger partial charge >= 0.3 is 0 Å². The molecule has 7 nitrogen and oxygen atoms in total. The molecule has 0 amide bonds. The maximum atomic E-state index is 9.87. The number of fused-ring (bicyclic) bond motifs is 2. The first-order valence-corrected chi connectivity index (χ1v) is 9.43. The fraction of sp³-hybridized carbons (Fsp3) is 0.182. The number of nitrogens with one attached hydrogen (secondary N) is 1. The molecular weight excluding hydrogens is 368 g/mol. The number of aliphatic hydroxyl groups excluding tert-OH is 1. The van der Waals surface area contributed by atoms with Gasteiger partial charge in [-0.2, -0.15) is 0 Å². The van der Waals surface area contributed by atoms with Crippen LogP contribution in [0.2, 0.25) is 0 Å². The Hall–Kier alpha value is -3.58. The summed E-state index contributed by atoms with van der Waals surface area (Å²) in [5, 5.41) is 17.9. The Kier molecular flexibility index (Phi) is 4.29. The number of benzene rings is 2. The van der Waals surface area contributed by atoms with Crippen molar-refractivity contribution in [3.8, 4) is 22.8 Å². The molecule has 5 rings (SSSR count). The average molecular weight is 388 g/mol. The van der Waals surface area contributed by atoms with E-state index in [-0.39, 0.29) is 6.79 Å². The van der Waals surface area contributed by atoms with Crippen molar-refractivity contribution in [1.29, 1.82) is 0 Å². The lowest BCUT2D eigenvalue weighted by molar-refractivity contribution is 0.174. The molecule has 0 bridgehead atoms. The van der Waals surface area contributed by atoms with Gasteiger partial charge in [0.25, 0.3) is 0 Å². The highest BCUT2D eigenvalue weighted by molar-refractivity contribution is 5.64. The maximum Gasteiger partial charge on any atom is 0.231 e. The molecule has 0 aliphatic carbocycles. The van der Waals surface area contributed by atoms with Crippen molar-refractivity contribution in [2.75, 3.05) is 12.1 Å². The molecule has 3 heterocycles. The van der Waals surface area contributed by atoms with Gasteiger partial charge in [0.1, 0.15) is 5.82 Å². The molecule has 2 aromatic carbocycles. The zero-order chi connectivity index (χ0) is 19.8. The lowest BCUT2D eigenvalue weighted by Crippen LogP contribution is -2.04. The van der Waals surface area contributed by atoms with Gasteiger partial charge in [0.05, 0.1) is 18.0 Å². The van der Waals surface area contributed by atoms with E-state index in [1.54, 1.807) is 13.1 Å². The Morgan fingerprint density at radius 2 is 2.00 bits per heavy atom. The number of aliphatic hydroxyl groups is 1. The summed E-state index contributed by atoms with van der Waals surface area (Å²) in [6.45, 7) is 2.63. The summed E-state index contributed by atoms with van der Waals surface area (Å²) in [7, 11) is 0. The maximum absolute atomic E-state index is 9.87. The van der Waals surface area contributed by atoms with Crippen LogP contribution in [-0.2, 0) is 6.54 Å². The van der Waals surface area contributed by atoms with Gasteiger partial charge in [-0.15, -0.1) is 5.10 Å². The molecule has 0 spiro atoms. The third-order valence-electron chi connectivity index (χ3n) is 4.94. The van der Waals surface area contributed by atoms with Crippen molar-refractivity contribution in [2.24, 2.45) is 0 Å². The number of anilines is 1. The van der Waals surface area contributed by atoms with Gasteiger partial charge in [-0.05, 0) is 48.4 Å². The van der Waals surface area contributed by atoms with E-state index < -0.39 is 6.10 Å². The van der Waals surface area contributed by atoms with Crippen LogP contribution >= 0.6 is 0 Å². The normalized spacial score (nSPS) is 13.6. The van der Waals surface area contributed by atoms with Crippen LogP contribution in [0, 0.1) is 0 Å². The number of hydrogen-bond donors (Lipinski definition) is 2. The van der Waals surface area contributed by atoms with Crippen molar-refractivity contribution in [2.45, 2.75) is 19.6 Å². The van der Waals surface area contributed by atoms with Gasteiger partial charge in [0.2, 0.25) is 6.79 Å². The summed E-state index contributed by atoms with van der Waals surface area (Å²) in [6.07, 6.45) is 1.27. The highest BCUT2D eigenvalue weighted by Gasteiger charge is 2.13. The SMILES string of the molecule is CC(O)c1cccc(-c2cnc3ccc(NCc4ccc5c(c4)OCO5)nn23)c1. The monoisotopic (exact) mass is 388 g/mol. The minimum absolute atomic E-state index is 0.268. The topological polar surface area (TPSA) is 80.9 Å². The van der Waals surface area contributed by atoms with E-state index in [9.17, 15) is 5.11 Å². The van der Waals surface area contributed by atoms with Crippen LogP contribution in [0.4, 0.5) is 5.82 Å². The number of hydrogen-bond acceptors (Lipinski definition) is 6. The summed E-state index contributed by atoms with van der Waals surface area (Å²) in [5.41, 5.74) is 4.52. The molecule has 0 radical (unpaired) electrons. The molecule has 4 aromatic rings. The highest BCUT2D eigenvalue weighted by Crippen LogP contribution is 2.32. The van der Waals surface area contributed by atoms with Crippen LogP contribution in [0.3, 0.4) is 0 Å². The van der Waals surface area contributed by atoms with Crippen LogP contribution in [0.15, 0.2) is 60.8 Å². The number of ether oxygens (including phenoxy) is 2. The molecule has 1 aliphatic heterocycles. The van der Waals surface area contributed by atoms with E-state index in [4.69, 9.17) is 14.6 Å². The Morgan fingerprint density at radius 3 is 2.90 bits per heavy atom. The summed E-state index contributed by atoms with van der Waals surface area (Å²) in [5.74, 6) is 2.28. The van der Waals surface area contributed by atoms with E-state index in [1.807, 2.05) is 59.1 Å². The summed E-state index contributed by atoms with van der Waals surface area (Å²) in [6, 6.07) is 17.5. The second-order valence-corrected chi connectivity index (χ2v) is 6.97. The summed E-state index contributed by atoms with van der Waals surface area (Å²) >= 11 is 0. The van der Waals surface area contributed by atoms with Crippen molar-refractivity contribution < 1.29 is 14.6 Å². The fourth-order valence-electron chi connectivity index (χ4n) is 3.37. The van der Waals surface area contributed by atoms with Crippen molar-refractivity contribution >= 4 is 11.5 Å². The molecule has 0 saturated heterocycles. The van der Waals surface area contributed by atoms with Crippen LogP contribution in [0.1, 0.15) is 24.2 Å². The first kappa shape index (κ1) is 17.5. The van der Waals surface area contributed by atoms with E-state index >= 15 is 0 Å². The van der Waals surface area contributed by atoms with Crippen LogP contribution < -0.4 is 14.8 Å². The zero-order valence-electron chi connectivity index (χ0n) is 15.9. The van der Waals surface area contributed by atoms with Crippen molar-refractivity contribution in [3.63, 3.8) is 0 Å². The standard InChI is InChI=1S/C22H20N4O3/c1-14(27)16-3-2-4-17(10-16)18-12-24-22-8-7-21(25-26(18)22)23-11-15-5-6-19-20(9-15)29-13-28-19/h2-10,12,14,27H,11,13H2,1H3,(H,23,25). The van der Waals surface area contributed by atoms with E-state index in [2.05, 4.69) is 10.3 Å². The second-order valence-electron chi connectivity index (χ2n) is 6.97. The smallest absolute Gasteiger partial charge is 0.231 e. The summed E-state index contributed by atoms with van der Waals surface area (Å²) < 4.78 is 12.6. The molecule has 2 aromatic heterocycles. The number of aromatic nitrogens is 3. The van der Waals surface area contributed by atoms with Crippen molar-refractivity contribution in [3.05, 3.63) is 71.9 Å². The predicted octanol–water partition coefficient (Wildman–Crippen LogP) is 3.79. The molecule has 29 heavy (non-hydrogen) atoms. The first-order chi connectivity index (χ1) is 14.2. The Morgan fingerprint density at radius 1 is 1.10 bits per heavy atom. The van der Waals surface area contributed by atoms with Crippen molar-refractivity contribution in [1.82, 2.24) is 14.6 Å². The van der Waals surface area contributed by atoms with Gasteiger partial charge in [-0.1, -0.05) is 24.3 Å². The number of imidazole rings is 1. The minimum atomic E-state index is -0.527. The van der Waals surface area contributed by atoms with Gasteiger partial charge in [-0.3, -0.25) is 0 Å². The lowest BCUT2D eigenvalue weighted by Gasteiger charge is -2.09. The Balaban J connectivity index is 1.41. The fourth-order valence-corrected chi connectivity index (χ4v) is 3.37. The number of rotatable bonds is 5. The molecule has 1 aliphatic rings. The Bertz CT molecular complexity index is 1190. The second kappa shape index (κ2) is 7.10. The molecule has 0 saturated carbocycles. The third-order valence-corrected chi connectivity index (χ3v) is 4.94. The van der Waals surface area contributed by atoms with Gasteiger partial charge in [0.15, 0.2) is 17.1 Å². The van der Waals surface area contributed by atoms with E-state index in [1.165, 1.54) is 0 Å². The average Bonchev–Trinajstić information content (AvgIpc) is 3.38. The predicted molar refractivity (Wildman–Crippen MR) is 109 cm³/mol. The Labute approximate surface area is 167 Å². The molecule has 0 fully saturated rings. The van der Waals surface area contributed by atoms with E-state index in [0.29, 0.717) is 6.54 Å². The molecule has 146 valence electrons. The zero-order valence-corrected chi connectivity index (χ0v) is 15.9. The largest absolute Gasteiger partial charge is 0.454 e. The highest BCUT2D eigenvalue weighted by atomic mass is 16.7. The van der Waals surface area contributed by atoms with Crippen LogP contribution in [0.25, 0.3) is 16.9 Å². The third kappa shape index (κ3) is 3.36. The summed E-state index contributed by atoms with van der Waals surface area (Å²) in [4.78, 5) is 4.45. The minimum Gasteiger partial charge on any atom is -0.454 e. The van der Waals surface area contributed by atoms with Gasteiger partial charge in [-0.25, -0.2) is 9.50 Å². The van der Waals surface area contributed by atoms with Crippen LogP contribution in [-0.4, -0.2) is 26.5 Å². The molecule has 1 atom stereocenters. The lowest BCUT2D eigenvalue weighted by atomic mass is 10.1. The quantitative estimate of drug-likeness (QED) is 0.541. The molecule has 7 heteroatoms. The molecule has 1 unspecified atom stereocenters.